The van der Waals surface area contributed by atoms with Gasteiger partial charge >= 0.3 is 12.6 Å². The van der Waals surface area contributed by atoms with Crippen LogP contribution in [-0.4, -0.2) is 48.9 Å². The van der Waals surface area contributed by atoms with Crippen LogP contribution >= 0.6 is 0 Å². The van der Waals surface area contributed by atoms with Gasteiger partial charge in [0, 0.05) is 24.2 Å². The van der Waals surface area contributed by atoms with Crippen LogP contribution in [0.15, 0.2) is 30.6 Å². The minimum Gasteiger partial charge on any atom is -0.489 e. The normalized spacial score (nSPS) is 20.9. The van der Waals surface area contributed by atoms with Crippen molar-refractivity contribution in [2.45, 2.75) is 37.8 Å². The summed E-state index contributed by atoms with van der Waals surface area (Å²) < 4.78 is 40.6. The number of nitrogens with one attached hydrogen (secondary N) is 1. The maximum Gasteiger partial charge on any atom is 0.387 e. The molecule has 1 saturated carbocycles. The Morgan fingerprint density at radius 2 is 2.10 bits per heavy atom. The Morgan fingerprint density at radius 1 is 1.27 bits per heavy atom. The highest BCUT2D eigenvalue weighted by Crippen LogP contribution is 2.36. The van der Waals surface area contributed by atoms with Gasteiger partial charge < -0.3 is 19.5 Å². The molecule has 1 unspecified atom stereocenters. The fourth-order valence-electron chi connectivity index (χ4n) is 3.47. The van der Waals surface area contributed by atoms with Gasteiger partial charge in [0.25, 0.3) is 0 Å². The lowest BCUT2D eigenvalue weighted by Gasteiger charge is -2.14. The Kier molecular flexibility index (Phi) is 6.08. The van der Waals surface area contributed by atoms with Crippen molar-refractivity contribution >= 4 is 5.97 Å². The molecule has 1 aliphatic heterocycles. The van der Waals surface area contributed by atoms with Gasteiger partial charge in [-0.05, 0) is 43.4 Å². The third-order valence-electron chi connectivity index (χ3n) is 5.32. The molecule has 0 radical (unpaired) electrons. The van der Waals surface area contributed by atoms with Gasteiger partial charge in [0.15, 0.2) is 11.5 Å². The van der Waals surface area contributed by atoms with E-state index in [0.717, 1.165) is 18.5 Å². The van der Waals surface area contributed by atoms with Crippen LogP contribution in [0, 0.1) is 5.92 Å². The number of benzene rings is 1. The van der Waals surface area contributed by atoms with Gasteiger partial charge in [-0.1, -0.05) is 0 Å². The topological polar surface area (TPSA) is 82.6 Å². The number of hydrogen-bond donors (Lipinski definition) is 1. The van der Waals surface area contributed by atoms with Crippen molar-refractivity contribution in [1.29, 1.82) is 0 Å². The molecule has 2 fully saturated rings. The first-order valence-corrected chi connectivity index (χ1v) is 9.88. The zero-order valence-corrected chi connectivity index (χ0v) is 16.5. The van der Waals surface area contributed by atoms with Gasteiger partial charge in [0.05, 0.1) is 31.3 Å². The first-order chi connectivity index (χ1) is 14.5. The molecule has 2 atom stereocenters. The summed E-state index contributed by atoms with van der Waals surface area (Å²) in [6.07, 6.45) is 6.02. The van der Waals surface area contributed by atoms with Gasteiger partial charge in [0.1, 0.15) is 6.04 Å². The molecule has 1 N–H and O–H groups in total. The summed E-state index contributed by atoms with van der Waals surface area (Å²) in [7, 11) is 1.36. The van der Waals surface area contributed by atoms with Crippen LogP contribution in [-0.2, 0) is 9.53 Å². The predicted octanol–water partition coefficient (Wildman–Crippen LogP) is 3.15. The summed E-state index contributed by atoms with van der Waals surface area (Å²) >= 11 is 0. The van der Waals surface area contributed by atoms with Crippen LogP contribution in [0.5, 0.6) is 11.5 Å². The average molecular weight is 419 g/mol. The van der Waals surface area contributed by atoms with Gasteiger partial charge in [-0.15, -0.1) is 0 Å². The van der Waals surface area contributed by atoms with Crippen LogP contribution in [0.25, 0.3) is 11.3 Å². The van der Waals surface area contributed by atoms with E-state index in [1.165, 1.54) is 13.2 Å². The summed E-state index contributed by atoms with van der Waals surface area (Å²) in [5.74, 6) is 0.454. The van der Waals surface area contributed by atoms with Gasteiger partial charge in [0.2, 0.25) is 0 Å². The molecule has 1 aliphatic carbocycles. The zero-order valence-electron chi connectivity index (χ0n) is 16.5. The van der Waals surface area contributed by atoms with Crippen LogP contribution in [0.1, 0.15) is 30.9 Å². The molecule has 2 heterocycles. The SMILES string of the molecule is COC(=O)[C@H]1CC(c2cncc(-c3ccc(OC(F)F)c(OCC4CC4)c3)n2)CN1. The summed E-state index contributed by atoms with van der Waals surface area (Å²) in [6.45, 7) is -1.87. The summed E-state index contributed by atoms with van der Waals surface area (Å²) in [5.41, 5.74) is 2.03. The monoisotopic (exact) mass is 419 g/mol. The van der Waals surface area contributed by atoms with Crippen molar-refractivity contribution in [3.63, 3.8) is 0 Å². The first kappa shape index (κ1) is 20.5. The third kappa shape index (κ3) is 4.84. The second-order valence-electron chi connectivity index (χ2n) is 7.54. The van der Waals surface area contributed by atoms with Crippen LogP contribution in [0.3, 0.4) is 0 Å². The zero-order chi connectivity index (χ0) is 21.1. The molecule has 0 amide bonds. The second-order valence-corrected chi connectivity index (χ2v) is 7.54. The van der Waals surface area contributed by atoms with Gasteiger partial charge in [-0.3, -0.25) is 9.78 Å². The van der Waals surface area contributed by atoms with Crippen LogP contribution in [0.4, 0.5) is 8.78 Å². The first-order valence-electron chi connectivity index (χ1n) is 9.88. The van der Waals surface area contributed by atoms with Gasteiger partial charge in [-0.2, -0.15) is 8.78 Å². The number of rotatable bonds is 8. The molecule has 9 heteroatoms. The molecule has 1 aromatic carbocycles. The minimum absolute atomic E-state index is 0.000531. The molecule has 2 aromatic rings. The maximum atomic E-state index is 12.7. The van der Waals surface area contributed by atoms with Crippen molar-refractivity contribution in [3.05, 3.63) is 36.3 Å². The highest BCUT2D eigenvalue weighted by molar-refractivity contribution is 5.76. The van der Waals surface area contributed by atoms with E-state index < -0.39 is 6.61 Å². The number of carbonyl (C=O) groups excluding carboxylic acids is 1. The van der Waals surface area contributed by atoms with E-state index in [4.69, 9.17) is 9.47 Å². The molecule has 1 aromatic heterocycles. The predicted molar refractivity (Wildman–Crippen MR) is 103 cm³/mol. The molecule has 4 rings (SSSR count). The van der Waals surface area contributed by atoms with E-state index in [1.807, 2.05) is 0 Å². The van der Waals surface area contributed by atoms with Crippen LogP contribution in [0.2, 0.25) is 0 Å². The fourth-order valence-corrected chi connectivity index (χ4v) is 3.47. The van der Waals surface area contributed by atoms with E-state index >= 15 is 0 Å². The smallest absolute Gasteiger partial charge is 0.387 e. The minimum atomic E-state index is -2.93. The van der Waals surface area contributed by atoms with Crippen molar-refractivity contribution in [2.75, 3.05) is 20.3 Å². The standard InChI is InChI=1S/C21H23F2N3O4/c1-28-20(27)15-6-14(8-25-15)17-10-24-9-16(26-17)13-4-5-18(30-21(22)23)19(7-13)29-11-12-2-3-12/h4-5,7,9-10,12,14-15,21,25H,2-3,6,8,11H2,1H3/t14?,15-/m1/s1. The van der Waals surface area contributed by atoms with E-state index in [1.54, 1.807) is 24.5 Å². The van der Waals surface area contributed by atoms with Crippen molar-refractivity contribution in [3.8, 4) is 22.8 Å². The van der Waals surface area contributed by atoms with Crippen LogP contribution < -0.4 is 14.8 Å². The highest BCUT2D eigenvalue weighted by atomic mass is 19.3. The van der Waals surface area contributed by atoms with Crippen molar-refractivity contribution in [1.82, 2.24) is 15.3 Å². The number of esters is 1. The fraction of sp³-hybridized carbons (Fsp3) is 0.476. The van der Waals surface area contributed by atoms with Crippen molar-refractivity contribution < 1.29 is 27.8 Å². The van der Waals surface area contributed by atoms with Crippen molar-refractivity contribution in [2.24, 2.45) is 5.92 Å². The molecular formula is C21H23F2N3O4. The molecule has 0 bridgehead atoms. The van der Waals surface area contributed by atoms with Gasteiger partial charge in [-0.25, -0.2) is 4.98 Å². The number of hydrogen-bond acceptors (Lipinski definition) is 7. The molecule has 160 valence electrons. The molecule has 1 saturated heterocycles. The Morgan fingerprint density at radius 3 is 2.83 bits per heavy atom. The number of halogens is 2. The second kappa shape index (κ2) is 8.91. The number of alkyl halides is 2. The number of carbonyl (C=O) groups is 1. The molecule has 7 nitrogen and oxygen atoms in total. The molecule has 2 aliphatic rings. The molecule has 30 heavy (non-hydrogen) atoms. The maximum absolute atomic E-state index is 12.7. The number of nitrogens with zero attached hydrogens (tertiary/aromatic N) is 2. The summed E-state index contributed by atoms with van der Waals surface area (Å²) in [4.78, 5) is 20.7. The Bertz CT molecular complexity index is 908. The van der Waals surface area contributed by atoms with E-state index in [2.05, 4.69) is 20.0 Å². The average Bonchev–Trinajstić information content (AvgIpc) is 3.45. The molecule has 0 spiro atoms. The Balaban J connectivity index is 1.55. The third-order valence-corrected chi connectivity index (χ3v) is 5.32. The number of aromatic nitrogens is 2. The quantitative estimate of drug-likeness (QED) is 0.658. The highest BCUT2D eigenvalue weighted by Gasteiger charge is 2.32. The Hall–Kier alpha value is -2.81. The lowest BCUT2D eigenvalue weighted by molar-refractivity contribution is -0.142. The lowest BCUT2D eigenvalue weighted by Crippen LogP contribution is -2.31. The number of ether oxygens (including phenoxy) is 3. The largest absolute Gasteiger partial charge is 0.489 e. The van der Waals surface area contributed by atoms with E-state index in [9.17, 15) is 13.6 Å². The summed E-state index contributed by atoms with van der Waals surface area (Å²) in [6, 6.07) is 4.40. The van der Waals surface area contributed by atoms with E-state index in [0.29, 0.717) is 36.7 Å². The number of methoxy groups -OCH3 is 1. The molecular weight excluding hydrogens is 396 g/mol. The lowest BCUT2D eigenvalue weighted by atomic mass is 10.0. The van der Waals surface area contributed by atoms with E-state index in [-0.39, 0.29) is 29.4 Å². The Labute approximate surface area is 172 Å². The summed E-state index contributed by atoms with van der Waals surface area (Å²) in [5, 5.41) is 3.13.